The van der Waals surface area contributed by atoms with Gasteiger partial charge in [-0.25, -0.2) is 4.98 Å². The van der Waals surface area contributed by atoms with E-state index in [-0.39, 0.29) is 6.04 Å². The number of morpholine rings is 1. The zero-order valence-corrected chi connectivity index (χ0v) is 14.9. The van der Waals surface area contributed by atoms with E-state index < -0.39 is 0 Å². The van der Waals surface area contributed by atoms with E-state index in [1.54, 1.807) is 0 Å². The Morgan fingerprint density at radius 1 is 1.16 bits per heavy atom. The molecular formula is C18H25N5O2. The minimum atomic E-state index is 0.238. The second-order valence-electron chi connectivity index (χ2n) is 6.95. The molecular weight excluding hydrogens is 318 g/mol. The van der Waals surface area contributed by atoms with Crippen molar-refractivity contribution in [2.45, 2.75) is 38.8 Å². The van der Waals surface area contributed by atoms with Gasteiger partial charge in [0.2, 0.25) is 11.7 Å². The minimum absolute atomic E-state index is 0.238. The highest BCUT2D eigenvalue weighted by molar-refractivity contribution is 5.56. The van der Waals surface area contributed by atoms with E-state index in [9.17, 15) is 0 Å². The minimum Gasteiger partial charge on any atom is -0.378 e. The largest absolute Gasteiger partial charge is 0.378 e. The van der Waals surface area contributed by atoms with Crippen molar-refractivity contribution >= 4 is 5.82 Å². The summed E-state index contributed by atoms with van der Waals surface area (Å²) >= 11 is 0. The van der Waals surface area contributed by atoms with Crippen LogP contribution in [0.15, 0.2) is 22.9 Å². The molecule has 2 saturated heterocycles. The van der Waals surface area contributed by atoms with Crippen molar-refractivity contribution in [1.82, 2.24) is 20.0 Å². The number of rotatable bonds is 4. The maximum absolute atomic E-state index is 5.57. The van der Waals surface area contributed by atoms with Crippen molar-refractivity contribution < 1.29 is 9.26 Å². The first kappa shape index (κ1) is 16.5. The molecule has 2 aromatic rings. The lowest BCUT2D eigenvalue weighted by Crippen LogP contribution is -2.36. The topological polar surface area (TPSA) is 67.5 Å². The molecule has 0 saturated carbocycles. The summed E-state index contributed by atoms with van der Waals surface area (Å²) in [7, 11) is 0. The Hall–Kier alpha value is -1.99. The van der Waals surface area contributed by atoms with Crippen LogP contribution in [0.1, 0.15) is 38.6 Å². The van der Waals surface area contributed by atoms with Gasteiger partial charge in [-0.05, 0) is 45.4 Å². The zero-order valence-electron chi connectivity index (χ0n) is 14.9. The Morgan fingerprint density at radius 3 is 2.72 bits per heavy atom. The maximum Gasteiger partial charge on any atom is 0.244 e. The zero-order chi connectivity index (χ0) is 17.2. The Bertz CT molecular complexity index is 694. The van der Waals surface area contributed by atoms with Gasteiger partial charge < -0.3 is 14.2 Å². The van der Waals surface area contributed by atoms with Crippen molar-refractivity contribution in [2.75, 3.05) is 37.7 Å². The molecule has 25 heavy (non-hydrogen) atoms. The standard InChI is InChI=1S/C18H25N5O2/c1-13(2)23-7-3-4-15(23)18-20-17(21-25-18)14-5-6-16(19-12-14)22-8-10-24-11-9-22/h5-6,12-13,15H,3-4,7-11H2,1-2H3/t15-/m0/s1. The third kappa shape index (κ3) is 3.39. The number of nitrogens with zero attached hydrogens (tertiary/aromatic N) is 5. The van der Waals surface area contributed by atoms with Gasteiger partial charge in [-0.2, -0.15) is 4.98 Å². The molecule has 7 heteroatoms. The van der Waals surface area contributed by atoms with Gasteiger partial charge in [-0.15, -0.1) is 0 Å². The number of ether oxygens (including phenoxy) is 1. The third-order valence-electron chi connectivity index (χ3n) is 5.03. The van der Waals surface area contributed by atoms with Crippen LogP contribution in [0.2, 0.25) is 0 Å². The smallest absolute Gasteiger partial charge is 0.244 e. The van der Waals surface area contributed by atoms with Crippen LogP contribution in [-0.2, 0) is 4.74 Å². The molecule has 0 aromatic carbocycles. The molecule has 0 unspecified atom stereocenters. The van der Waals surface area contributed by atoms with Crippen LogP contribution in [0, 0.1) is 0 Å². The molecule has 0 spiro atoms. The summed E-state index contributed by atoms with van der Waals surface area (Å²) in [4.78, 5) is 13.9. The normalized spacial score (nSPS) is 22.0. The number of aromatic nitrogens is 3. The first-order valence-corrected chi connectivity index (χ1v) is 9.11. The number of likely N-dealkylation sites (tertiary alicyclic amines) is 1. The molecule has 0 bridgehead atoms. The molecule has 0 aliphatic carbocycles. The van der Waals surface area contributed by atoms with E-state index in [0.717, 1.165) is 56.5 Å². The summed E-state index contributed by atoms with van der Waals surface area (Å²) in [5.41, 5.74) is 0.890. The van der Waals surface area contributed by atoms with Crippen molar-refractivity contribution in [2.24, 2.45) is 0 Å². The lowest BCUT2D eigenvalue weighted by atomic mass is 10.2. The summed E-state index contributed by atoms with van der Waals surface area (Å²) < 4.78 is 11.0. The van der Waals surface area contributed by atoms with Crippen molar-refractivity contribution in [3.8, 4) is 11.4 Å². The van der Waals surface area contributed by atoms with Crippen molar-refractivity contribution in [1.29, 1.82) is 0 Å². The lowest BCUT2D eigenvalue weighted by molar-refractivity contribution is 0.122. The summed E-state index contributed by atoms with van der Waals surface area (Å²) in [5.74, 6) is 2.31. The molecule has 4 rings (SSSR count). The summed E-state index contributed by atoms with van der Waals surface area (Å²) in [5, 5.41) is 4.18. The van der Waals surface area contributed by atoms with Crippen LogP contribution in [0.4, 0.5) is 5.82 Å². The number of hydrogen-bond donors (Lipinski definition) is 0. The van der Waals surface area contributed by atoms with Crippen LogP contribution < -0.4 is 4.90 Å². The van der Waals surface area contributed by atoms with Gasteiger partial charge in [0.25, 0.3) is 0 Å². The molecule has 4 heterocycles. The van der Waals surface area contributed by atoms with Gasteiger partial charge in [0.15, 0.2) is 0 Å². The van der Waals surface area contributed by atoms with E-state index in [0.29, 0.717) is 11.9 Å². The third-order valence-corrected chi connectivity index (χ3v) is 5.03. The van der Waals surface area contributed by atoms with E-state index in [1.165, 1.54) is 6.42 Å². The average molecular weight is 343 g/mol. The molecule has 2 aliphatic heterocycles. The van der Waals surface area contributed by atoms with Crippen LogP contribution in [0.25, 0.3) is 11.4 Å². The maximum atomic E-state index is 5.57. The van der Waals surface area contributed by atoms with Gasteiger partial charge in [0.1, 0.15) is 5.82 Å². The number of anilines is 1. The first-order valence-electron chi connectivity index (χ1n) is 9.11. The average Bonchev–Trinajstić information content (AvgIpc) is 3.32. The molecule has 2 aromatic heterocycles. The fraction of sp³-hybridized carbons (Fsp3) is 0.611. The van der Waals surface area contributed by atoms with Gasteiger partial charge in [0, 0.05) is 30.9 Å². The lowest BCUT2D eigenvalue weighted by Gasteiger charge is -2.27. The molecule has 0 radical (unpaired) electrons. The SMILES string of the molecule is CC(C)N1CCC[C@H]1c1nc(-c2ccc(N3CCOCC3)nc2)no1. The number of pyridine rings is 1. The second kappa shape index (κ2) is 7.09. The monoisotopic (exact) mass is 343 g/mol. The van der Waals surface area contributed by atoms with Crippen LogP contribution in [0.5, 0.6) is 0 Å². The van der Waals surface area contributed by atoms with E-state index in [2.05, 4.69) is 38.8 Å². The van der Waals surface area contributed by atoms with Gasteiger partial charge in [-0.1, -0.05) is 5.16 Å². The summed E-state index contributed by atoms with van der Waals surface area (Å²) in [6.07, 6.45) is 4.08. The molecule has 0 amide bonds. The highest BCUT2D eigenvalue weighted by Gasteiger charge is 2.32. The van der Waals surface area contributed by atoms with Gasteiger partial charge in [-0.3, -0.25) is 4.90 Å². The van der Waals surface area contributed by atoms with E-state index in [1.807, 2.05) is 18.3 Å². The Balaban J connectivity index is 1.50. The fourth-order valence-electron chi connectivity index (χ4n) is 3.66. The van der Waals surface area contributed by atoms with Gasteiger partial charge in [0.05, 0.1) is 19.3 Å². The predicted octanol–water partition coefficient (Wildman–Crippen LogP) is 2.51. The predicted molar refractivity (Wildman–Crippen MR) is 94.4 cm³/mol. The van der Waals surface area contributed by atoms with Crippen LogP contribution in [-0.4, -0.2) is 58.9 Å². The summed E-state index contributed by atoms with van der Waals surface area (Å²) in [6.45, 7) is 8.79. The molecule has 0 N–H and O–H groups in total. The molecule has 134 valence electrons. The van der Waals surface area contributed by atoms with E-state index in [4.69, 9.17) is 9.26 Å². The first-order chi connectivity index (χ1) is 12.2. The van der Waals surface area contributed by atoms with Crippen molar-refractivity contribution in [3.05, 3.63) is 24.2 Å². The van der Waals surface area contributed by atoms with Crippen LogP contribution >= 0.6 is 0 Å². The second-order valence-corrected chi connectivity index (χ2v) is 6.95. The highest BCUT2D eigenvalue weighted by Crippen LogP contribution is 2.33. The van der Waals surface area contributed by atoms with Crippen molar-refractivity contribution in [3.63, 3.8) is 0 Å². The molecule has 1 atom stereocenters. The highest BCUT2D eigenvalue weighted by atomic mass is 16.5. The number of hydrogen-bond acceptors (Lipinski definition) is 7. The quantitative estimate of drug-likeness (QED) is 0.845. The van der Waals surface area contributed by atoms with Crippen LogP contribution in [0.3, 0.4) is 0 Å². The Labute approximate surface area is 148 Å². The molecule has 2 fully saturated rings. The molecule has 2 aliphatic rings. The fourth-order valence-corrected chi connectivity index (χ4v) is 3.66. The van der Waals surface area contributed by atoms with Gasteiger partial charge >= 0.3 is 0 Å². The Kier molecular flexibility index (Phi) is 4.67. The molecule has 7 nitrogen and oxygen atoms in total. The van der Waals surface area contributed by atoms with E-state index >= 15 is 0 Å². The summed E-state index contributed by atoms with van der Waals surface area (Å²) in [6, 6.07) is 4.76. The Morgan fingerprint density at radius 2 is 2.00 bits per heavy atom.